The Hall–Kier alpha value is -4.05. The Bertz CT molecular complexity index is 1320. The van der Waals surface area contributed by atoms with Crippen LogP contribution in [0.25, 0.3) is 10.2 Å². The lowest BCUT2D eigenvalue weighted by atomic mass is 10.2. The van der Waals surface area contributed by atoms with Crippen LogP contribution in [0.3, 0.4) is 0 Å². The molecule has 10 heteroatoms. The Morgan fingerprint density at radius 3 is 2.26 bits per heavy atom. The van der Waals surface area contributed by atoms with E-state index in [4.69, 9.17) is 23.7 Å². The minimum atomic E-state index is 0.525. The largest absolute Gasteiger partial charge is 0.497 e. The van der Waals surface area contributed by atoms with Gasteiger partial charge in [0.1, 0.15) is 26.9 Å². The van der Waals surface area contributed by atoms with E-state index in [1.165, 1.54) is 11.3 Å². The van der Waals surface area contributed by atoms with Crippen molar-refractivity contribution in [1.82, 2.24) is 9.97 Å². The maximum absolute atomic E-state index is 5.57. The molecule has 4 aromatic rings. The molecule has 0 saturated carbocycles. The molecule has 0 saturated heterocycles. The number of anilines is 2. The number of aromatic nitrogens is 2. The van der Waals surface area contributed by atoms with Crippen LogP contribution < -0.4 is 29.0 Å². The van der Waals surface area contributed by atoms with Crippen LogP contribution in [0.1, 0.15) is 5.01 Å². The van der Waals surface area contributed by atoms with E-state index in [2.05, 4.69) is 20.3 Å². The van der Waals surface area contributed by atoms with Gasteiger partial charge < -0.3 is 29.0 Å². The molecule has 0 amide bonds. The van der Waals surface area contributed by atoms with Crippen molar-refractivity contribution in [3.05, 3.63) is 47.6 Å². The molecule has 0 aliphatic rings. The van der Waals surface area contributed by atoms with Crippen molar-refractivity contribution >= 4 is 45.0 Å². The van der Waals surface area contributed by atoms with Gasteiger partial charge in [0, 0.05) is 36.1 Å². The lowest BCUT2D eigenvalue weighted by Crippen LogP contribution is -1.96. The zero-order valence-electron chi connectivity index (χ0n) is 19.4. The summed E-state index contributed by atoms with van der Waals surface area (Å²) >= 11 is 1.44. The van der Waals surface area contributed by atoms with Gasteiger partial charge in [-0.05, 0) is 12.1 Å². The van der Waals surface area contributed by atoms with Crippen molar-refractivity contribution in [2.24, 2.45) is 4.99 Å². The van der Waals surface area contributed by atoms with Gasteiger partial charge >= 0.3 is 0 Å². The normalized spacial score (nSPS) is 11.0. The number of pyridine rings is 1. The lowest BCUT2D eigenvalue weighted by Gasteiger charge is -2.11. The number of hydrogen-bond acceptors (Lipinski definition) is 10. The molecular weight excluding hydrogens is 456 g/mol. The van der Waals surface area contributed by atoms with Gasteiger partial charge in [0.15, 0.2) is 17.3 Å². The number of benzene rings is 2. The third-order valence-corrected chi connectivity index (χ3v) is 5.92. The van der Waals surface area contributed by atoms with Crippen molar-refractivity contribution in [3.63, 3.8) is 0 Å². The molecule has 4 rings (SSSR count). The second-order valence-electron chi connectivity index (χ2n) is 6.90. The van der Waals surface area contributed by atoms with E-state index in [0.717, 1.165) is 15.9 Å². The maximum atomic E-state index is 5.57. The van der Waals surface area contributed by atoms with Crippen LogP contribution in [0, 0.1) is 0 Å². The van der Waals surface area contributed by atoms with Crippen LogP contribution in [0.5, 0.6) is 28.7 Å². The fourth-order valence-corrected chi connectivity index (χ4v) is 4.27. The number of hydrogen-bond donors (Lipinski definition) is 1. The second-order valence-corrected chi connectivity index (χ2v) is 7.93. The minimum absolute atomic E-state index is 0.525. The summed E-state index contributed by atoms with van der Waals surface area (Å²) in [6.07, 6.45) is 3.39. The number of nitrogens with zero attached hydrogens (tertiary/aromatic N) is 3. The van der Waals surface area contributed by atoms with Gasteiger partial charge in [-0.25, -0.2) is 15.0 Å². The molecule has 9 nitrogen and oxygen atoms in total. The number of aliphatic imine (C=N–C) groups is 1. The Morgan fingerprint density at radius 2 is 1.62 bits per heavy atom. The van der Waals surface area contributed by atoms with Crippen molar-refractivity contribution < 1.29 is 23.7 Å². The second kappa shape index (κ2) is 10.3. The summed E-state index contributed by atoms with van der Waals surface area (Å²) in [5.41, 5.74) is 2.13. The van der Waals surface area contributed by atoms with Gasteiger partial charge in [0.25, 0.3) is 0 Å². The smallest absolute Gasteiger partial charge is 0.204 e. The number of fused-ring (bicyclic) bond motifs is 1. The Labute approximate surface area is 201 Å². The van der Waals surface area contributed by atoms with Crippen LogP contribution in [-0.2, 0) is 0 Å². The first-order chi connectivity index (χ1) is 16.6. The van der Waals surface area contributed by atoms with E-state index < -0.39 is 0 Å². The van der Waals surface area contributed by atoms with Gasteiger partial charge in [0.05, 0.1) is 47.3 Å². The van der Waals surface area contributed by atoms with Crippen LogP contribution in [0.2, 0.25) is 0 Å². The van der Waals surface area contributed by atoms with Crippen molar-refractivity contribution in [3.8, 4) is 28.7 Å². The predicted octanol–water partition coefficient (Wildman–Crippen LogP) is 5.23. The summed E-state index contributed by atoms with van der Waals surface area (Å²) < 4.78 is 28.0. The average molecular weight is 481 g/mol. The Balaban J connectivity index is 1.67. The lowest BCUT2D eigenvalue weighted by molar-refractivity contribution is 0.327. The molecule has 0 spiro atoms. The molecule has 0 fully saturated rings. The van der Waals surface area contributed by atoms with Crippen LogP contribution in [0.4, 0.5) is 17.2 Å². The first kappa shape index (κ1) is 23.1. The highest BCUT2D eigenvalue weighted by atomic mass is 32.1. The predicted molar refractivity (Wildman–Crippen MR) is 134 cm³/mol. The summed E-state index contributed by atoms with van der Waals surface area (Å²) in [4.78, 5) is 13.7. The van der Waals surface area contributed by atoms with Crippen molar-refractivity contribution in [1.29, 1.82) is 0 Å². The number of methoxy groups -OCH3 is 5. The zero-order valence-corrected chi connectivity index (χ0v) is 20.2. The number of rotatable bonds is 9. The first-order valence-corrected chi connectivity index (χ1v) is 11.0. The molecule has 0 bridgehead atoms. The van der Waals surface area contributed by atoms with E-state index in [0.29, 0.717) is 45.3 Å². The highest BCUT2D eigenvalue weighted by molar-refractivity contribution is 7.20. The zero-order chi connectivity index (χ0) is 24.1. The van der Waals surface area contributed by atoms with Crippen molar-refractivity contribution in [2.45, 2.75) is 0 Å². The van der Waals surface area contributed by atoms with Gasteiger partial charge in [-0.3, -0.25) is 0 Å². The molecule has 176 valence electrons. The summed E-state index contributed by atoms with van der Waals surface area (Å²) in [5, 5.41) is 3.97. The summed E-state index contributed by atoms with van der Waals surface area (Å²) in [5.74, 6) is 3.56. The Morgan fingerprint density at radius 1 is 0.882 bits per heavy atom. The Kier molecular flexibility index (Phi) is 6.98. The van der Waals surface area contributed by atoms with E-state index in [-0.39, 0.29) is 0 Å². The SMILES string of the molecule is COc1cc(Nc2ncccc2N=Cc2nc3cc(OC)c(OC)c(OC)c3s2)cc(OC)c1. The molecule has 2 heterocycles. The van der Waals surface area contributed by atoms with Crippen molar-refractivity contribution in [2.75, 3.05) is 40.9 Å². The monoisotopic (exact) mass is 480 g/mol. The van der Waals surface area contributed by atoms with Crippen LogP contribution >= 0.6 is 11.3 Å². The standard InChI is InChI=1S/C24H24N4O5S/c1-29-15-9-14(10-16(11-15)30-2)27-24-17(7-6-8-25-24)26-13-20-28-18-12-19(31-3)21(32-4)22(33-5)23(18)34-20/h6-13H,1-5H3,(H,25,27). The van der Waals surface area contributed by atoms with Crippen LogP contribution in [0.15, 0.2) is 47.6 Å². The minimum Gasteiger partial charge on any atom is -0.497 e. The quantitative estimate of drug-likeness (QED) is 0.325. The molecule has 0 unspecified atom stereocenters. The van der Waals surface area contributed by atoms with E-state index in [1.807, 2.05) is 30.3 Å². The number of ether oxygens (including phenoxy) is 5. The molecular formula is C24H24N4O5S. The van der Waals surface area contributed by atoms with Gasteiger partial charge in [0.2, 0.25) is 5.75 Å². The van der Waals surface area contributed by atoms with E-state index in [9.17, 15) is 0 Å². The number of nitrogens with one attached hydrogen (secondary N) is 1. The number of thiazole rings is 1. The molecule has 1 N–H and O–H groups in total. The molecule has 2 aromatic carbocycles. The molecule has 0 radical (unpaired) electrons. The van der Waals surface area contributed by atoms with E-state index >= 15 is 0 Å². The molecule has 0 aliphatic heterocycles. The summed E-state index contributed by atoms with van der Waals surface area (Å²) in [6, 6.07) is 11.0. The summed E-state index contributed by atoms with van der Waals surface area (Å²) in [7, 11) is 7.95. The highest BCUT2D eigenvalue weighted by Crippen LogP contribution is 2.45. The van der Waals surface area contributed by atoms with Gasteiger partial charge in [-0.15, -0.1) is 11.3 Å². The fourth-order valence-electron chi connectivity index (χ4n) is 3.34. The third kappa shape index (κ3) is 4.67. The molecule has 34 heavy (non-hydrogen) atoms. The average Bonchev–Trinajstić information content (AvgIpc) is 3.29. The van der Waals surface area contributed by atoms with E-state index in [1.54, 1.807) is 54.0 Å². The third-order valence-electron chi connectivity index (χ3n) is 4.92. The van der Waals surface area contributed by atoms with Crippen LogP contribution in [-0.4, -0.2) is 51.7 Å². The highest BCUT2D eigenvalue weighted by Gasteiger charge is 2.19. The topological polar surface area (TPSA) is 96.3 Å². The molecule has 0 aliphatic carbocycles. The fraction of sp³-hybridized carbons (Fsp3) is 0.208. The maximum Gasteiger partial charge on any atom is 0.204 e. The molecule has 0 atom stereocenters. The molecule has 2 aromatic heterocycles. The van der Waals surface area contributed by atoms with Gasteiger partial charge in [-0.1, -0.05) is 0 Å². The van der Waals surface area contributed by atoms with Gasteiger partial charge in [-0.2, -0.15) is 0 Å². The summed E-state index contributed by atoms with van der Waals surface area (Å²) in [6.45, 7) is 0. The first-order valence-electron chi connectivity index (χ1n) is 10.2.